The van der Waals surface area contributed by atoms with Crippen molar-refractivity contribution in [3.05, 3.63) is 102 Å². The molecule has 0 aliphatic carbocycles. The van der Waals surface area contributed by atoms with E-state index < -0.39 is 0 Å². The molecular formula is C27H26N6OS. The second-order valence-electron chi connectivity index (χ2n) is 8.60. The Morgan fingerprint density at radius 1 is 1.03 bits per heavy atom. The molecule has 0 bridgehead atoms. The molecule has 5 rings (SSSR count). The predicted octanol–water partition coefficient (Wildman–Crippen LogP) is 5.02. The van der Waals surface area contributed by atoms with Crippen LogP contribution in [0.15, 0.2) is 79.3 Å². The Bertz CT molecular complexity index is 1370. The molecule has 7 nitrogen and oxygen atoms in total. The van der Waals surface area contributed by atoms with Gasteiger partial charge in [0.25, 0.3) is 0 Å². The highest BCUT2D eigenvalue weighted by atomic mass is 32.1. The van der Waals surface area contributed by atoms with Gasteiger partial charge in [-0.3, -0.25) is 14.8 Å². The van der Waals surface area contributed by atoms with E-state index in [2.05, 4.69) is 56.0 Å². The number of thiocarbonyl (C=S) groups is 1. The third-order valence-electron chi connectivity index (χ3n) is 6.26. The Morgan fingerprint density at radius 2 is 1.83 bits per heavy atom. The highest BCUT2D eigenvalue weighted by Gasteiger charge is 2.42. The van der Waals surface area contributed by atoms with E-state index in [1.165, 1.54) is 6.92 Å². The average Bonchev–Trinajstić information content (AvgIpc) is 3.35. The molecule has 1 amide bonds. The number of carbonyl (C=O) groups excluding carboxylic acids is 1. The summed E-state index contributed by atoms with van der Waals surface area (Å²) >= 11 is 5.86. The van der Waals surface area contributed by atoms with Crippen LogP contribution in [0.5, 0.6) is 0 Å². The molecule has 0 unspecified atom stereocenters. The van der Waals surface area contributed by atoms with E-state index in [1.54, 1.807) is 12.4 Å². The lowest BCUT2D eigenvalue weighted by molar-refractivity contribution is -0.114. The van der Waals surface area contributed by atoms with Gasteiger partial charge in [-0.25, -0.2) is 0 Å². The first-order valence-corrected chi connectivity index (χ1v) is 11.8. The number of hydrogen-bond acceptors (Lipinski definition) is 4. The molecule has 1 saturated heterocycles. The number of benzene rings is 1. The summed E-state index contributed by atoms with van der Waals surface area (Å²) in [6, 6.07) is 19.6. The second-order valence-corrected chi connectivity index (χ2v) is 8.98. The Balaban J connectivity index is 1.63. The molecular weight excluding hydrogens is 456 g/mol. The van der Waals surface area contributed by atoms with Crippen molar-refractivity contribution in [3.63, 3.8) is 0 Å². The fourth-order valence-electron chi connectivity index (χ4n) is 4.83. The van der Waals surface area contributed by atoms with Gasteiger partial charge in [-0.2, -0.15) is 0 Å². The molecule has 176 valence electrons. The van der Waals surface area contributed by atoms with E-state index in [0.29, 0.717) is 5.11 Å². The molecule has 2 atom stereocenters. The number of nitrogens with one attached hydrogen (secondary N) is 2. The summed E-state index contributed by atoms with van der Waals surface area (Å²) in [6.07, 6.45) is 5.46. The van der Waals surface area contributed by atoms with E-state index >= 15 is 0 Å². The fourth-order valence-corrected chi connectivity index (χ4v) is 5.17. The van der Waals surface area contributed by atoms with Crippen molar-refractivity contribution in [2.24, 2.45) is 0 Å². The standard InChI is InChI=1S/C27H26N6OS/c1-17-15-23(18(2)32(17)22-7-6-13-28-16-22)26-25(24-8-4-5-14-29-24)31-27(35)33(26)21-11-9-20(10-12-21)30-19(3)34/h4-16,25-26H,1-3H3,(H,30,34)(H,31,35)/t25-,26+/m1/s1. The molecule has 1 aromatic carbocycles. The summed E-state index contributed by atoms with van der Waals surface area (Å²) < 4.78 is 2.22. The van der Waals surface area contributed by atoms with Crippen LogP contribution in [-0.2, 0) is 4.79 Å². The smallest absolute Gasteiger partial charge is 0.221 e. The number of aromatic nitrogens is 3. The Morgan fingerprint density at radius 3 is 2.49 bits per heavy atom. The zero-order valence-electron chi connectivity index (χ0n) is 19.8. The topological polar surface area (TPSA) is 75.1 Å². The maximum Gasteiger partial charge on any atom is 0.221 e. The van der Waals surface area contributed by atoms with Crippen LogP contribution < -0.4 is 15.5 Å². The number of rotatable bonds is 5. The predicted molar refractivity (Wildman–Crippen MR) is 142 cm³/mol. The number of aryl methyl sites for hydroxylation is 1. The lowest BCUT2D eigenvalue weighted by Gasteiger charge is -2.28. The molecule has 0 radical (unpaired) electrons. The molecule has 0 spiro atoms. The molecule has 1 aliphatic rings. The van der Waals surface area contributed by atoms with Gasteiger partial charge >= 0.3 is 0 Å². The van der Waals surface area contributed by atoms with Crippen LogP contribution >= 0.6 is 12.2 Å². The monoisotopic (exact) mass is 482 g/mol. The van der Waals surface area contributed by atoms with Crippen molar-refractivity contribution < 1.29 is 4.79 Å². The number of carbonyl (C=O) groups is 1. The molecule has 2 N–H and O–H groups in total. The molecule has 1 aliphatic heterocycles. The minimum absolute atomic E-state index is 0.105. The zero-order valence-corrected chi connectivity index (χ0v) is 20.6. The van der Waals surface area contributed by atoms with E-state index in [4.69, 9.17) is 12.2 Å². The first kappa shape index (κ1) is 22.7. The Labute approximate surface area is 209 Å². The second kappa shape index (κ2) is 9.31. The SMILES string of the molecule is CC(=O)Nc1ccc(N2C(=S)N[C@H](c3ccccn3)[C@@H]2c2cc(C)n(-c3cccnc3)c2C)cc1. The van der Waals surface area contributed by atoms with Gasteiger partial charge in [-0.1, -0.05) is 6.07 Å². The van der Waals surface area contributed by atoms with Crippen LogP contribution in [0.4, 0.5) is 11.4 Å². The highest BCUT2D eigenvalue weighted by molar-refractivity contribution is 7.80. The van der Waals surface area contributed by atoms with E-state index in [9.17, 15) is 4.79 Å². The van der Waals surface area contributed by atoms with Gasteiger partial charge in [0.15, 0.2) is 5.11 Å². The summed E-state index contributed by atoms with van der Waals surface area (Å²) in [5.74, 6) is -0.105. The molecule has 0 saturated carbocycles. The van der Waals surface area contributed by atoms with Gasteiger partial charge in [0.1, 0.15) is 0 Å². The Hall–Kier alpha value is -4.04. The molecule has 3 aromatic heterocycles. The van der Waals surface area contributed by atoms with Crippen LogP contribution in [0, 0.1) is 13.8 Å². The first-order chi connectivity index (χ1) is 16.9. The van der Waals surface area contributed by atoms with Crippen molar-refractivity contribution in [2.45, 2.75) is 32.9 Å². The summed E-state index contributed by atoms with van der Waals surface area (Å²) in [4.78, 5) is 22.6. The molecule has 4 aromatic rings. The van der Waals surface area contributed by atoms with Gasteiger partial charge in [0.2, 0.25) is 5.91 Å². The fraction of sp³-hybridized carbons (Fsp3) is 0.185. The maximum atomic E-state index is 11.5. The van der Waals surface area contributed by atoms with Crippen molar-refractivity contribution in [2.75, 3.05) is 10.2 Å². The van der Waals surface area contributed by atoms with Crippen molar-refractivity contribution >= 4 is 34.6 Å². The third kappa shape index (κ3) is 4.28. The number of anilines is 2. The summed E-state index contributed by atoms with van der Waals surface area (Å²) in [5.41, 5.74) is 7.00. The van der Waals surface area contributed by atoms with E-state index in [0.717, 1.165) is 39.7 Å². The van der Waals surface area contributed by atoms with Crippen molar-refractivity contribution in [1.82, 2.24) is 19.9 Å². The lowest BCUT2D eigenvalue weighted by atomic mass is 9.96. The number of hydrogen-bond donors (Lipinski definition) is 2. The van der Waals surface area contributed by atoms with Crippen LogP contribution in [0.3, 0.4) is 0 Å². The quantitative estimate of drug-likeness (QED) is 0.389. The number of nitrogens with zero attached hydrogens (tertiary/aromatic N) is 4. The third-order valence-corrected chi connectivity index (χ3v) is 6.57. The maximum absolute atomic E-state index is 11.5. The highest BCUT2D eigenvalue weighted by Crippen LogP contribution is 2.43. The molecule has 4 heterocycles. The molecule has 1 fully saturated rings. The Kier molecular flexibility index (Phi) is 6.05. The van der Waals surface area contributed by atoms with Gasteiger partial charge in [-0.05, 0) is 86.2 Å². The van der Waals surface area contributed by atoms with Gasteiger partial charge in [0.05, 0.1) is 29.7 Å². The van der Waals surface area contributed by atoms with Gasteiger partial charge in [0, 0.05) is 42.1 Å². The van der Waals surface area contributed by atoms with Gasteiger partial charge < -0.3 is 20.1 Å². The van der Waals surface area contributed by atoms with Crippen LogP contribution in [0.2, 0.25) is 0 Å². The van der Waals surface area contributed by atoms with E-state index in [-0.39, 0.29) is 18.0 Å². The molecule has 35 heavy (non-hydrogen) atoms. The average molecular weight is 483 g/mol. The van der Waals surface area contributed by atoms with Crippen LogP contribution in [0.25, 0.3) is 5.69 Å². The summed E-state index contributed by atoms with van der Waals surface area (Å²) in [5, 5.41) is 6.97. The zero-order chi connectivity index (χ0) is 24.5. The van der Waals surface area contributed by atoms with Crippen molar-refractivity contribution in [1.29, 1.82) is 0 Å². The number of pyridine rings is 2. The minimum atomic E-state index is -0.137. The van der Waals surface area contributed by atoms with Crippen molar-refractivity contribution in [3.8, 4) is 5.69 Å². The molecule has 8 heteroatoms. The largest absolute Gasteiger partial charge is 0.351 e. The normalized spacial score (nSPS) is 17.3. The van der Waals surface area contributed by atoms with Crippen LogP contribution in [-0.4, -0.2) is 25.6 Å². The summed E-state index contributed by atoms with van der Waals surface area (Å²) in [6.45, 7) is 5.73. The van der Waals surface area contributed by atoms with Crippen LogP contribution in [0.1, 0.15) is 41.7 Å². The lowest BCUT2D eigenvalue weighted by Crippen LogP contribution is -2.29. The number of amides is 1. The minimum Gasteiger partial charge on any atom is -0.351 e. The first-order valence-electron chi connectivity index (χ1n) is 11.4. The van der Waals surface area contributed by atoms with Gasteiger partial charge in [-0.15, -0.1) is 0 Å². The van der Waals surface area contributed by atoms with E-state index in [1.807, 2.05) is 54.7 Å². The summed E-state index contributed by atoms with van der Waals surface area (Å²) in [7, 11) is 0.